The fourth-order valence-corrected chi connectivity index (χ4v) is 1.04. The summed E-state index contributed by atoms with van der Waals surface area (Å²) in [6.45, 7) is -0.0495. The quantitative estimate of drug-likeness (QED) is 0.467. The van der Waals surface area contributed by atoms with E-state index in [0.717, 1.165) is 0 Å². The van der Waals surface area contributed by atoms with Crippen molar-refractivity contribution in [3.63, 3.8) is 0 Å². The molecule has 0 bridgehead atoms. The van der Waals surface area contributed by atoms with Crippen molar-refractivity contribution in [1.82, 2.24) is 5.32 Å². The van der Waals surface area contributed by atoms with Gasteiger partial charge in [0.15, 0.2) is 6.04 Å². The molecule has 0 aromatic carbocycles. The van der Waals surface area contributed by atoms with Crippen LogP contribution in [0.25, 0.3) is 0 Å². The molecule has 0 aromatic rings. The van der Waals surface area contributed by atoms with Crippen LogP contribution in [0.3, 0.4) is 0 Å². The Hall–Kier alpha value is -0.620. The molecular weight excluding hydrogens is 230 g/mol. The van der Waals surface area contributed by atoms with Crippen LogP contribution in [-0.2, 0) is 14.3 Å². The number of cyclic esters (lactones) is 1. The van der Waals surface area contributed by atoms with E-state index >= 15 is 0 Å². The number of alkyl halides is 1. The zero-order valence-corrected chi connectivity index (χ0v) is 7.70. The Morgan fingerprint density at radius 1 is 1.83 bits per heavy atom. The molecule has 1 heterocycles. The molecule has 1 aliphatic heterocycles. The van der Waals surface area contributed by atoms with Crippen molar-refractivity contribution in [3.8, 4) is 0 Å². The summed E-state index contributed by atoms with van der Waals surface area (Å²) in [6.07, 6.45) is -0.930. The minimum Gasteiger partial charge on any atom is -0.461 e. The predicted molar refractivity (Wildman–Crippen MR) is 42.7 cm³/mol. The second-order valence-electron chi connectivity index (χ2n) is 2.38. The Morgan fingerprint density at radius 3 is 2.92 bits per heavy atom. The topological polar surface area (TPSA) is 75.6 Å². The van der Waals surface area contributed by atoms with Crippen LogP contribution in [0.1, 0.15) is 0 Å². The standard InChI is InChI=1S/C6H8BrNO4/c7-1-4(10)8-5-3(9)2-12-6(5)11/h3,5,9H,1-2H2,(H,8,10)/t3-,5-/m1/s1. The van der Waals surface area contributed by atoms with Crippen molar-refractivity contribution in [2.45, 2.75) is 12.1 Å². The van der Waals surface area contributed by atoms with E-state index in [0.29, 0.717) is 0 Å². The Balaban J connectivity index is 2.50. The van der Waals surface area contributed by atoms with E-state index in [1.54, 1.807) is 0 Å². The van der Waals surface area contributed by atoms with Gasteiger partial charge in [-0.1, -0.05) is 15.9 Å². The molecule has 0 aliphatic carbocycles. The molecule has 0 radical (unpaired) electrons. The Bertz CT molecular complexity index is 208. The number of hydrogen-bond donors (Lipinski definition) is 2. The van der Waals surface area contributed by atoms with Crippen molar-refractivity contribution >= 4 is 27.8 Å². The highest BCUT2D eigenvalue weighted by molar-refractivity contribution is 9.09. The lowest BCUT2D eigenvalue weighted by molar-refractivity contribution is -0.141. The van der Waals surface area contributed by atoms with Gasteiger partial charge in [0.1, 0.15) is 12.7 Å². The first kappa shape index (κ1) is 9.47. The fourth-order valence-electron chi connectivity index (χ4n) is 0.878. The van der Waals surface area contributed by atoms with Crippen LogP contribution in [0.15, 0.2) is 0 Å². The summed E-state index contributed by atoms with van der Waals surface area (Å²) in [5, 5.41) is 11.5. The van der Waals surface area contributed by atoms with Crippen LogP contribution >= 0.6 is 15.9 Å². The summed E-state index contributed by atoms with van der Waals surface area (Å²) < 4.78 is 4.50. The SMILES string of the molecule is O=C(CBr)N[C@H]1C(=O)OC[C@H]1O. The number of carbonyl (C=O) groups is 2. The highest BCUT2D eigenvalue weighted by Gasteiger charge is 2.36. The first-order valence-electron chi connectivity index (χ1n) is 3.35. The van der Waals surface area contributed by atoms with Gasteiger partial charge in [0.25, 0.3) is 0 Å². The molecule has 1 amide bonds. The summed E-state index contributed by atoms with van der Waals surface area (Å²) >= 11 is 2.92. The Kier molecular flexibility index (Phi) is 3.05. The zero-order valence-electron chi connectivity index (χ0n) is 6.12. The smallest absolute Gasteiger partial charge is 0.331 e. The van der Waals surface area contributed by atoms with Crippen LogP contribution < -0.4 is 5.32 Å². The van der Waals surface area contributed by atoms with Gasteiger partial charge < -0.3 is 15.2 Å². The maximum absolute atomic E-state index is 10.8. The molecule has 0 unspecified atom stereocenters. The van der Waals surface area contributed by atoms with E-state index in [9.17, 15) is 9.59 Å². The predicted octanol–water partition coefficient (Wildman–Crippen LogP) is -1.22. The van der Waals surface area contributed by atoms with Crippen molar-refractivity contribution < 1.29 is 19.4 Å². The number of amides is 1. The van der Waals surface area contributed by atoms with Gasteiger partial charge in [-0.3, -0.25) is 4.79 Å². The van der Waals surface area contributed by atoms with Gasteiger partial charge in [-0.15, -0.1) is 0 Å². The number of halogens is 1. The zero-order chi connectivity index (χ0) is 9.14. The Labute approximate surface area is 77.2 Å². The van der Waals surface area contributed by atoms with Crippen molar-refractivity contribution in [1.29, 1.82) is 0 Å². The summed E-state index contributed by atoms with van der Waals surface area (Å²) in [5.74, 6) is -0.935. The largest absolute Gasteiger partial charge is 0.461 e. The molecule has 1 saturated heterocycles. The van der Waals surface area contributed by atoms with E-state index in [1.165, 1.54) is 0 Å². The van der Waals surface area contributed by atoms with E-state index in [4.69, 9.17) is 5.11 Å². The molecule has 6 heteroatoms. The number of nitrogens with one attached hydrogen (secondary N) is 1. The second kappa shape index (κ2) is 3.86. The molecule has 12 heavy (non-hydrogen) atoms. The van der Waals surface area contributed by atoms with Crippen molar-refractivity contribution in [2.24, 2.45) is 0 Å². The molecule has 1 rings (SSSR count). The van der Waals surface area contributed by atoms with Crippen molar-refractivity contribution in [2.75, 3.05) is 11.9 Å². The van der Waals surface area contributed by atoms with Crippen LogP contribution in [0.5, 0.6) is 0 Å². The van der Waals surface area contributed by atoms with Gasteiger partial charge in [0.2, 0.25) is 5.91 Å². The Morgan fingerprint density at radius 2 is 2.50 bits per heavy atom. The van der Waals surface area contributed by atoms with E-state index in [1.807, 2.05) is 0 Å². The lowest BCUT2D eigenvalue weighted by Gasteiger charge is -2.10. The lowest BCUT2D eigenvalue weighted by atomic mass is 10.2. The van der Waals surface area contributed by atoms with Crippen molar-refractivity contribution in [3.05, 3.63) is 0 Å². The molecule has 1 fully saturated rings. The first-order chi connectivity index (χ1) is 5.65. The third-order valence-corrected chi connectivity index (χ3v) is 1.98. The second-order valence-corrected chi connectivity index (χ2v) is 2.94. The number of ether oxygens (including phenoxy) is 1. The molecule has 5 nitrogen and oxygen atoms in total. The average molecular weight is 238 g/mol. The van der Waals surface area contributed by atoms with E-state index in [-0.39, 0.29) is 17.8 Å². The highest BCUT2D eigenvalue weighted by Crippen LogP contribution is 2.06. The molecule has 0 saturated carbocycles. The van der Waals surface area contributed by atoms with Gasteiger partial charge in [0, 0.05) is 0 Å². The number of carbonyl (C=O) groups excluding carboxylic acids is 2. The molecule has 2 N–H and O–H groups in total. The number of esters is 1. The van der Waals surface area contributed by atoms with Crippen LogP contribution in [0.4, 0.5) is 0 Å². The minimum atomic E-state index is -0.930. The van der Waals surface area contributed by atoms with Crippen LogP contribution in [-0.4, -0.2) is 41.1 Å². The van der Waals surface area contributed by atoms with Gasteiger partial charge in [-0.05, 0) is 0 Å². The van der Waals surface area contributed by atoms with Gasteiger partial charge in [0.05, 0.1) is 5.33 Å². The van der Waals surface area contributed by atoms with Crippen LogP contribution in [0, 0.1) is 0 Å². The monoisotopic (exact) mass is 237 g/mol. The summed E-state index contributed by atoms with van der Waals surface area (Å²) in [7, 11) is 0. The molecule has 1 aliphatic rings. The molecule has 2 atom stereocenters. The molecule has 0 spiro atoms. The normalized spacial score (nSPS) is 28.3. The molecule has 68 valence electrons. The van der Waals surface area contributed by atoms with Gasteiger partial charge >= 0.3 is 5.97 Å². The van der Waals surface area contributed by atoms with E-state index < -0.39 is 18.1 Å². The lowest BCUT2D eigenvalue weighted by Crippen LogP contribution is -2.45. The first-order valence-corrected chi connectivity index (χ1v) is 4.47. The third-order valence-electron chi connectivity index (χ3n) is 1.47. The van der Waals surface area contributed by atoms with Gasteiger partial charge in [-0.25, -0.2) is 4.79 Å². The fraction of sp³-hybridized carbons (Fsp3) is 0.667. The number of aliphatic hydroxyl groups is 1. The highest BCUT2D eigenvalue weighted by atomic mass is 79.9. The third kappa shape index (κ3) is 1.95. The molecular formula is C6H8BrNO4. The maximum Gasteiger partial charge on any atom is 0.331 e. The number of rotatable bonds is 2. The van der Waals surface area contributed by atoms with Crippen LogP contribution in [0.2, 0.25) is 0 Å². The maximum atomic E-state index is 10.8. The summed E-state index contributed by atoms with van der Waals surface area (Å²) in [5.41, 5.74) is 0. The summed E-state index contributed by atoms with van der Waals surface area (Å²) in [6, 6.07) is -0.907. The number of aliphatic hydroxyl groups excluding tert-OH is 1. The van der Waals surface area contributed by atoms with Gasteiger partial charge in [-0.2, -0.15) is 0 Å². The summed E-state index contributed by atoms with van der Waals surface area (Å²) in [4.78, 5) is 21.6. The molecule has 0 aromatic heterocycles. The van der Waals surface area contributed by atoms with E-state index in [2.05, 4.69) is 26.0 Å². The average Bonchev–Trinajstić information content (AvgIpc) is 2.35. The number of hydrogen-bond acceptors (Lipinski definition) is 4. The minimum absolute atomic E-state index is 0.0495.